The second-order valence-corrected chi connectivity index (χ2v) is 8.72. The number of phenols is 1. The van der Waals surface area contributed by atoms with Gasteiger partial charge in [0.25, 0.3) is 5.91 Å². The number of hydrogen-bond donors (Lipinski definition) is 3. The van der Waals surface area contributed by atoms with Gasteiger partial charge in [-0.05, 0) is 52.3 Å². The van der Waals surface area contributed by atoms with E-state index in [9.17, 15) is 19.8 Å². The van der Waals surface area contributed by atoms with Gasteiger partial charge in [-0.25, -0.2) is 4.79 Å². The number of aromatic hydroxyl groups is 1. The van der Waals surface area contributed by atoms with Gasteiger partial charge in [0.2, 0.25) is 0 Å². The molecule has 0 aliphatic carbocycles. The number of amides is 2. The average Bonchev–Trinajstić information content (AvgIpc) is 2.81. The SMILES string of the molecule is O=C(NC(=O)c1ccccc1)O[C@H](c1cc(Br)cc(Br)c1O)[C@@H](CCO)Oc1ccccc1. The molecule has 0 fully saturated rings. The predicted molar refractivity (Wildman–Crippen MR) is 129 cm³/mol. The minimum absolute atomic E-state index is 0.0864. The molecule has 2 amide bonds. The van der Waals surface area contributed by atoms with Crippen LogP contribution < -0.4 is 10.1 Å². The molecule has 3 rings (SSSR count). The highest BCUT2D eigenvalue weighted by Crippen LogP contribution is 2.39. The Kier molecular flexibility index (Phi) is 8.87. The first-order chi connectivity index (χ1) is 15.9. The molecular weight excluding hydrogens is 558 g/mol. The molecule has 2 atom stereocenters. The molecule has 0 unspecified atom stereocenters. The lowest BCUT2D eigenvalue weighted by molar-refractivity contribution is 0.00279. The van der Waals surface area contributed by atoms with E-state index < -0.39 is 24.2 Å². The van der Waals surface area contributed by atoms with Crippen LogP contribution in [0.25, 0.3) is 0 Å². The molecule has 0 spiro atoms. The quantitative estimate of drug-likeness (QED) is 0.332. The lowest BCUT2D eigenvalue weighted by atomic mass is 10.0. The zero-order valence-corrected chi connectivity index (χ0v) is 20.5. The highest BCUT2D eigenvalue weighted by Gasteiger charge is 2.32. The van der Waals surface area contributed by atoms with E-state index in [-0.39, 0.29) is 29.9 Å². The molecule has 3 N–H and O–H groups in total. The van der Waals surface area contributed by atoms with Crippen molar-refractivity contribution in [1.82, 2.24) is 5.32 Å². The van der Waals surface area contributed by atoms with Crippen LogP contribution in [0.15, 0.2) is 81.7 Å². The molecule has 33 heavy (non-hydrogen) atoms. The van der Waals surface area contributed by atoms with Crippen LogP contribution >= 0.6 is 31.9 Å². The molecule has 172 valence electrons. The smallest absolute Gasteiger partial charge is 0.414 e. The zero-order chi connectivity index (χ0) is 23.8. The van der Waals surface area contributed by atoms with E-state index in [0.29, 0.717) is 14.7 Å². The lowest BCUT2D eigenvalue weighted by Gasteiger charge is -2.28. The van der Waals surface area contributed by atoms with Crippen LogP contribution in [0.2, 0.25) is 0 Å². The van der Waals surface area contributed by atoms with Crippen molar-refractivity contribution in [1.29, 1.82) is 0 Å². The van der Waals surface area contributed by atoms with Gasteiger partial charge in [-0.3, -0.25) is 10.1 Å². The Balaban J connectivity index is 1.92. The molecule has 9 heteroatoms. The van der Waals surface area contributed by atoms with Crippen molar-refractivity contribution in [3.63, 3.8) is 0 Å². The number of nitrogens with one attached hydrogen (secondary N) is 1. The van der Waals surface area contributed by atoms with E-state index in [4.69, 9.17) is 9.47 Å². The van der Waals surface area contributed by atoms with Crippen LogP contribution in [0.4, 0.5) is 4.79 Å². The standard InChI is InChI=1S/C24H21Br2NO6/c25-16-13-18(21(29)19(26)14-16)22(20(11-12-28)32-17-9-5-2-6-10-17)33-24(31)27-23(30)15-7-3-1-4-8-15/h1-10,13-14,20,22,28-29H,11-12H2,(H,27,30,31)/t20-,22-/m1/s1. The summed E-state index contributed by atoms with van der Waals surface area (Å²) in [6, 6.07) is 20.2. The molecule has 0 saturated heterocycles. The van der Waals surface area contributed by atoms with E-state index in [0.717, 1.165) is 0 Å². The van der Waals surface area contributed by atoms with Gasteiger partial charge in [0.1, 0.15) is 17.6 Å². The molecule has 0 aromatic heterocycles. The number of benzene rings is 3. The minimum Gasteiger partial charge on any atom is -0.506 e. The Morgan fingerprint density at radius 2 is 1.61 bits per heavy atom. The number of phenolic OH excluding ortho intramolecular Hbond substituents is 1. The summed E-state index contributed by atoms with van der Waals surface area (Å²) in [5.74, 6) is -0.314. The Labute approximate surface area is 207 Å². The third kappa shape index (κ3) is 6.80. The maximum Gasteiger partial charge on any atom is 0.414 e. The predicted octanol–water partition coefficient (Wildman–Crippen LogP) is 5.35. The highest BCUT2D eigenvalue weighted by atomic mass is 79.9. The van der Waals surface area contributed by atoms with Crippen LogP contribution in [-0.4, -0.2) is 34.9 Å². The van der Waals surface area contributed by atoms with Crippen molar-refractivity contribution in [2.24, 2.45) is 0 Å². The number of hydrogen-bond acceptors (Lipinski definition) is 6. The maximum absolute atomic E-state index is 12.7. The third-order valence-corrected chi connectivity index (χ3v) is 5.69. The van der Waals surface area contributed by atoms with E-state index in [2.05, 4.69) is 37.2 Å². The number of carbonyl (C=O) groups excluding carboxylic acids is 2. The number of imide groups is 1. The first kappa shape index (κ1) is 24.8. The Morgan fingerprint density at radius 1 is 0.970 bits per heavy atom. The van der Waals surface area contributed by atoms with Crippen LogP contribution in [0, 0.1) is 0 Å². The number of para-hydroxylation sites is 1. The van der Waals surface area contributed by atoms with Gasteiger partial charge in [-0.15, -0.1) is 0 Å². The van der Waals surface area contributed by atoms with E-state index in [1.54, 1.807) is 66.7 Å². The second kappa shape index (κ2) is 11.8. The number of aliphatic hydroxyl groups excluding tert-OH is 1. The zero-order valence-electron chi connectivity index (χ0n) is 17.3. The topological polar surface area (TPSA) is 105 Å². The van der Waals surface area contributed by atoms with E-state index >= 15 is 0 Å². The van der Waals surface area contributed by atoms with Gasteiger partial charge < -0.3 is 19.7 Å². The van der Waals surface area contributed by atoms with Crippen LogP contribution in [0.1, 0.15) is 28.4 Å². The van der Waals surface area contributed by atoms with E-state index in [1.165, 1.54) is 0 Å². The molecule has 0 aliphatic heterocycles. The molecule has 0 bridgehead atoms. The van der Waals surface area contributed by atoms with Crippen molar-refractivity contribution in [3.05, 3.63) is 92.9 Å². The Morgan fingerprint density at radius 3 is 2.24 bits per heavy atom. The van der Waals surface area contributed by atoms with Gasteiger partial charge in [0.15, 0.2) is 6.10 Å². The van der Waals surface area contributed by atoms with Gasteiger partial charge in [0.05, 0.1) is 4.47 Å². The fraction of sp³-hybridized carbons (Fsp3) is 0.167. The summed E-state index contributed by atoms with van der Waals surface area (Å²) in [5.41, 5.74) is 0.513. The van der Waals surface area contributed by atoms with Gasteiger partial charge in [0, 0.05) is 28.6 Å². The Bertz CT molecular complexity index is 1090. The first-order valence-electron chi connectivity index (χ1n) is 9.96. The monoisotopic (exact) mass is 577 g/mol. The molecule has 3 aromatic carbocycles. The van der Waals surface area contributed by atoms with Crippen molar-refractivity contribution in [3.8, 4) is 11.5 Å². The Hall–Kier alpha value is -2.88. The largest absolute Gasteiger partial charge is 0.506 e. The molecule has 3 aromatic rings. The summed E-state index contributed by atoms with van der Waals surface area (Å²) in [7, 11) is 0. The number of carbonyl (C=O) groups is 2. The third-order valence-electron chi connectivity index (χ3n) is 4.63. The number of aliphatic hydroxyl groups is 1. The summed E-state index contributed by atoms with van der Waals surface area (Å²) in [5, 5.41) is 22.5. The van der Waals surface area contributed by atoms with Crippen molar-refractivity contribution < 1.29 is 29.3 Å². The molecule has 0 aliphatic rings. The fourth-order valence-electron chi connectivity index (χ4n) is 3.11. The van der Waals surface area contributed by atoms with Gasteiger partial charge in [-0.1, -0.05) is 52.3 Å². The van der Waals surface area contributed by atoms with Crippen LogP contribution in [0.3, 0.4) is 0 Å². The number of alkyl carbamates (subject to hydrolysis) is 1. The van der Waals surface area contributed by atoms with Crippen molar-refractivity contribution >= 4 is 43.9 Å². The molecule has 0 saturated carbocycles. The summed E-state index contributed by atoms with van der Waals surface area (Å²) in [4.78, 5) is 25.1. The van der Waals surface area contributed by atoms with Gasteiger partial charge >= 0.3 is 6.09 Å². The average molecular weight is 579 g/mol. The molecular formula is C24H21Br2NO6. The number of rotatable bonds is 8. The second-order valence-electron chi connectivity index (χ2n) is 6.95. The minimum atomic E-state index is -1.16. The van der Waals surface area contributed by atoms with Crippen molar-refractivity contribution in [2.45, 2.75) is 18.6 Å². The molecule has 7 nitrogen and oxygen atoms in total. The van der Waals surface area contributed by atoms with Crippen LogP contribution in [-0.2, 0) is 4.74 Å². The maximum atomic E-state index is 12.7. The lowest BCUT2D eigenvalue weighted by Crippen LogP contribution is -2.36. The van der Waals surface area contributed by atoms with Gasteiger partial charge in [-0.2, -0.15) is 0 Å². The molecule has 0 heterocycles. The highest BCUT2D eigenvalue weighted by molar-refractivity contribution is 9.11. The number of halogens is 2. The fourth-order valence-corrected chi connectivity index (χ4v) is 4.37. The summed E-state index contributed by atoms with van der Waals surface area (Å²) in [6.07, 6.45) is -2.97. The summed E-state index contributed by atoms with van der Waals surface area (Å²) in [6.45, 7) is -0.266. The first-order valence-corrected chi connectivity index (χ1v) is 11.5. The molecule has 0 radical (unpaired) electrons. The summed E-state index contributed by atoms with van der Waals surface area (Å²) >= 11 is 6.64. The normalized spacial score (nSPS) is 12.5. The van der Waals surface area contributed by atoms with Crippen LogP contribution in [0.5, 0.6) is 11.5 Å². The number of ether oxygens (including phenoxy) is 2. The van der Waals surface area contributed by atoms with Crippen molar-refractivity contribution in [2.75, 3.05) is 6.61 Å². The van der Waals surface area contributed by atoms with E-state index in [1.807, 2.05) is 6.07 Å². The summed E-state index contributed by atoms with van der Waals surface area (Å²) < 4.78 is 12.6.